The average molecular weight is 529 g/mol. The Bertz CT molecular complexity index is 1470. The topological polar surface area (TPSA) is 112 Å². The highest BCUT2D eigenvalue weighted by molar-refractivity contribution is 7.99. The number of hydrogen-bond acceptors (Lipinski definition) is 7. The van der Waals surface area contributed by atoms with Crippen LogP contribution in [0.4, 0.5) is 15.8 Å². The van der Waals surface area contributed by atoms with Crippen LogP contribution in [-0.4, -0.2) is 47.2 Å². The van der Waals surface area contributed by atoms with Crippen LogP contribution in [0.3, 0.4) is 0 Å². The zero-order chi connectivity index (χ0) is 23.8. The third-order valence-electron chi connectivity index (χ3n) is 4.80. The normalized spacial score (nSPS) is 14.7. The van der Waals surface area contributed by atoms with E-state index in [0.29, 0.717) is 18.8 Å². The molecule has 4 rings (SSSR count). The number of fused-ring (bicyclic) bond motifs is 1. The highest BCUT2D eigenvalue weighted by Gasteiger charge is 2.24. The molecular weight excluding hydrogens is 514 g/mol. The summed E-state index contributed by atoms with van der Waals surface area (Å²) in [5.74, 6) is 0.936. The van der Waals surface area contributed by atoms with Crippen molar-refractivity contribution in [1.29, 1.82) is 5.26 Å². The molecule has 0 atom stereocenters. The number of nitriles is 1. The number of thioether (sulfide) groups is 1. The molecule has 3 aromatic rings. The van der Waals surface area contributed by atoms with Crippen LogP contribution in [0.15, 0.2) is 34.7 Å². The third-order valence-corrected chi connectivity index (χ3v) is 7.47. The molecule has 2 aromatic heterocycles. The second-order valence-electron chi connectivity index (χ2n) is 6.88. The predicted octanol–water partition coefficient (Wildman–Crippen LogP) is 3.24. The highest BCUT2D eigenvalue weighted by Crippen LogP contribution is 2.29. The van der Waals surface area contributed by atoms with Crippen LogP contribution in [0.2, 0.25) is 10.0 Å². The van der Waals surface area contributed by atoms with E-state index in [1.54, 1.807) is 18.0 Å². The summed E-state index contributed by atoms with van der Waals surface area (Å²) in [6.45, 7) is 1.27. The third kappa shape index (κ3) is 4.67. The van der Waals surface area contributed by atoms with Gasteiger partial charge in [-0.05, 0) is 18.2 Å². The Morgan fingerprint density at radius 1 is 1.27 bits per heavy atom. The van der Waals surface area contributed by atoms with Crippen LogP contribution >= 0.6 is 35.0 Å². The Labute approximate surface area is 202 Å². The smallest absolute Gasteiger partial charge is 0.306 e. The molecule has 0 aliphatic carbocycles. The van der Waals surface area contributed by atoms with Gasteiger partial charge in [0.1, 0.15) is 5.82 Å². The fourth-order valence-corrected chi connectivity index (χ4v) is 5.51. The van der Waals surface area contributed by atoms with Gasteiger partial charge in [-0.15, -0.1) is 4.68 Å². The number of rotatable bonds is 5. The monoisotopic (exact) mass is 528 g/mol. The van der Waals surface area contributed by atoms with Crippen molar-refractivity contribution in [2.45, 2.75) is 0 Å². The number of nitrogens with zero attached hydrogens (tertiary/aromatic N) is 5. The van der Waals surface area contributed by atoms with Gasteiger partial charge in [-0.3, -0.25) is 9.52 Å². The van der Waals surface area contributed by atoms with E-state index in [1.807, 2.05) is 4.90 Å². The van der Waals surface area contributed by atoms with E-state index < -0.39 is 21.4 Å². The molecule has 1 fully saturated rings. The Kier molecular flexibility index (Phi) is 6.58. The summed E-state index contributed by atoms with van der Waals surface area (Å²) in [7, 11) is -4.10. The number of aromatic nitrogens is 3. The second-order valence-corrected chi connectivity index (χ2v) is 10.5. The van der Waals surface area contributed by atoms with Crippen molar-refractivity contribution in [3.63, 3.8) is 0 Å². The van der Waals surface area contributed by atoms with Crippen molar-refractivity contribution in [2.24, 2.45) is 0 Å². The molecule has 1 N–H and O–H groups in total. The molecule has 0 unspecified atom stereocenters. The van der Waals surface area contributed by atoms with E-state index in [1.165, 1.54) is 23.0 Å². The number of benzene rings is 1. The Balaban J connectivity index is 1.68. The maximum absolute atomic E-state index is 13.7. The number of hydrogen-bond donors (Lipinski definition) is 1. The molecule has 14 heteroatoms. The first-order valence-corrected chi connectivity index (χ1v) is 12.9. The van der Waals surface area contributed by atoms with Crippen LogP contribution in [0, 0.1) is 17.3 Å². The summed E-state index contributed by atoms with van der Waals surface area (Å²) in [5.41, 5.74) is 0.00711. The molecule has 3 heterocycles. The molecule has 0 bridgehead atoms. The number of nitrogens with one attached hydrogen (secondary N) is 1. The molecule has 1 saturated heterocycles. The molecule has 0 saturated carbocycles. The maximum Gasteiger partial charge on any atom is 0.306 e. The predicted molar refractivity (Wildman–Crippen MR) is 128 cm³/mol. The van der Waals surface area contributed by atoms with Crippen LogP contribution in [0.5, 0.6) is 0 Å². The largest absolute Gasteiger partial charge is 0.362 e. The van der Waals surface area contributed by atoms with Gasteiger partial charge in [0.25, 0.3) is 10.0 Å². The SMILES string of the molecule is N#Cn1c(=O)c(N2CCSCC2)c2ncc(NS(=O)(=O)C=Cc3c(Cl)ccc(F)c3Cl)cn21. The highest BCUT2D eigenvalue weighted by atomic mass is 35.5. The number of anilines is 2. The van der Waals surface area contributed by atoms with Gasteiger partial charge >= 0.3 is 5.56 Å². The zero-order valence-electron chi connectivity index (χ0n) is 16.7. The van der Waals surface area contributed by atoms with Crippen molar-refractivity contribution in [3.8, 4) is 6.19 Å². The minimum atomic E-state index is -4.10. The van der Waals surface area contributed by atoms with Gasteiger partial charge in [0.05, 0.1) is 28.5 Å². The summed E-state index contributed by atoms with van der Waals surface area (Å²) in [6.07, 6.45) is 5.38. The average Bonchev–Trinajstić information content (AvgIpc) is 3.07. The van der Waals surface area contributed by atoms with Crippen LogP contribution < -0.4 is 15.2 Å². The fraction of sp³-hybridized carbons (Fsp3) is 0.211. The molecule has 1 aliphatic rings. The quantitative estimate of drug-likeness (QED) is 0.505. The fourth-order valence-electron chi connectivity index (χ4n) is 3.29. The number of halogens is 3. The summed E-state index contributed by atoms with van der Waals surface area (Å²) in [4.78, 5) is 18.9. The van der Waals surface area contributed by atoms with Crippen molar-refractivity contribution >= 4 is 68.1 Å². The van der Waals surface area contributed by atoms with E-state index in [0.717, 1.165) is 33.7 Å². The Morgan fingerprint density at radius 2 is 2.00 bits per heavy atom. The van der Waals surface area contributed by atoms with E-state index in [4.69, 9.17) is 23.2 Å². The molecular formula is C19H15Cl2FN6O3S2. The summed E-state index contributed by atoms with van der Waals surface area (Å²) < 4.78 is 43.0. The minimum absolute atomic E-state index is 0.00309. The van der Waals surface area contributed by atoms with E-state index in [-0.39, 0.29) is 26.9 Å². The van der Waals surface area contributed by atoms with Gasteiger partial charge in [0.2, 0.25) is 6.19 Å². The number of sulfonamides is 1. The van der Waals surface area contributed by atoms with E-state index >= 15 is 0 Å². The van der Waals surface area contributed by atoms with Gasteiger partial charge < -0.3 is 4.90 Å². The van der Waals surface area contributed by atoms with Crippen molar-refractivity contribution in [2.75, 3.05) is 34.2 Å². The van der Waals surface area contributed by atoms with Crippen molar-refractivity contribution < 1.29 is 12.8 Å². The molecule has 1 aromatic carbocycles. The molecule has 172 valence electrons. The van der Waals surface area contributed by atoms with Gasteiger partial charge in [-0.2, -0.15) is 17.0 Å². The van der Waals surface area contributed by atoms with Crippen LogP contribution in [-0.2, 0) is 10.0 Å². The summed E-state index contributed by atoms with van der Waals surface area (Å²) in [5, 5.41) is 10.0. The molecule has 33 heavy (non-hydrogen) atoms. The Morgan fingerprint density at radius 3 is 2.70 bits per heavy atom. The molecule has 0 amide bonds. The van der Waals surface area contributed by atoms with Crippen molar-refractivity contribution in [1.82, 2.24) is 14.2 Å². The minimum Gasteiger partial charge on any atom is -0.362 e. The van der Waals surface area contributed by atoms with Crippen LogP contribution in [0.1, 0.15) is 5.56 Å². The maximum atomic E-state index is 13.7. The lowest BCUT2D eigenvalue weighted by atomic mass is 10.2. The first kappa shape index (κ1) is 23.4. The van der Waals surface area contributed by atoms with Gasteiger partial charge in [-0.25, -0.2) is 22.3 Å². The second kappa shape index (κ2) is 9.26. The molecule has 9 nitrogen and oxygen atoms in total. The first-order chi connectivity index (χ1) is 15.7. The summed E-state index contributed by atoms with van der Waals surface area (Å²) >= 11 is 13.6. The van der Waals surface area contributed by atoms with Crippen molar-refractivity contribution in [3.05, 3.63) is 61.7 Å². The lowest BCUT2D eigenvalue weighted by Gasteiger charge is -2.26. The molecule has 0 spiro atoms. The summed E-state index contributed by atoms with van der Waals surface area (Å²) in [6, 6.07) is 2.32. The first-order valence-electron chi connectivity index (χ1n) is 9.42. The van der Waals surface area contributed by atoms with Gasteiger partial charge in [-0.1, -0.05) is 23.2 Å². The lowest BCUT2D eigenvalue weighted by Crippen LogP contribution is -2.35. The van der Waals surface area contributed by atoms with Gasteiger partial charge in [0.15, 0.2) is 11.3 Å². The zero-order valence-corrected chi connectivity index (χ0v) is 19.8. The van der Waals surface area contributed by atoms with E-state index in [9.17, 15) is 22.9 Å². The van der Waals surface area contributed by atoms with Crippen LogP contribution in [0.25, 0.3) is 11.7 Å². The Hall–Kier alpha value is -2.72. The molecule has 1 aliphatic heterocycles. The van der Waals surface area contributed by atoms with Gasteiger partial charge in [0, 0.05) is 35.2 Å². The molecule has 0 radical (unpaired) electrons. The van der Waals surface area contributed by atoms with E-state index in [2.05, 4.69) is 9.71 Å². The lowest BCUT2D eigenvalue weighted by molar-refractivity contribution is 0.609. The standard InChI is InChI=1S/C19H15Cl2FN6O3S2/c20-14-1-2-15(22)16(21)13(14)3-8-33(30,31)25-12-9-24-18-17(26-4-6-32-7-5-26)19(29)28(11-23)27(18)10-12/h1-3,8-10,25H,4-7H2.